The Kier molecular flexibility index (Phi) is 4.96. The normalized spacial score (nSPS) is 24.3. The van der Waals surface area contributed by atoms with Crippen molar-refractivity contribution in [1.82, 2.24) is 5.01 Å². The van der Waals surface area contributed by atoms with Gasteiger partial charge in [-0.2, -0.15) is 5.10 Å². The van der Waals surface area contributed by atoms with E-state index in [9.17, 15) is 14.4 Å². The van der Waals surface area contributed by atoms with Crippen LogP contribution in [0.25, 0.3) is 0 Å². The molecule has 3 aromatic carbocycles. The Morgan fingerprint density at radius 1 is 0.914 bits per heavy atom. The van der Waals surface area contributed by atoms with Gasteiger partial charge in [-0.05, 0) is 47.5 Å². The Bertz CT molecular complexity index is 1400. The Labute approximate surface area is 206 Å². The van der Waals surface area contributed by atoms with Gasteiger partial charge in [-0.3, -0.25) is 19.4 Å². The molecule has 3 aliphatic rings. The fourth-order valence-corrected chi connectivity index (χ4v) is 5.69. The molecule has 8 heteroatoms. The van der Waals surface area contributed by atoms with Crippen LogP contribution in [0.3, 0.4) is 0 Å². The largest absolute Gasteiger partial charge is 0.497 e. The summed E-state index contributed by atoms with van der Waals surface area (Å²) in [5, 5.41) is 6.52. The number of anilines is 1. The molecule has 3 heterocycles. The summed E-state index contributed by atoms with van der Waals surface area (Å²) in [6.07, 6.45) is 1.68. The quantitative estimate of drug-likeness (QED) is 0.410. The van der Waals surface area contributed by atoms with Crippen molar-refractivity contribution in [2.45, 2.75) is 12.1 Å². The first-order valence-electron chi connectivity index (χ1n) is 11.2. The molecule has 3 aromatic rings. The Morgan fingerprint density at radius 3 is 2.34 bits per heavy atom. The molecule has 0 aliphatic carbocycles. The molecule has 3 aliphatic heterocycles. The van der Waals surface area contributed by atoms with Crippen LogP contribution in [-0.4, -0.2) is 42.0 Å². The molecule has 2 amide bonds. The minimum absolute atomic E-state index is 0.274. The van der Waals surface area contributed by atoms with Gasteiger partial charge in [0.15, 0.2) is 5.78 Å². The number of hydrogen-bond acceptors (Lipinski definition) is 6. The van der Waals surface area contributed by atoms with E-state index in [1.165, 1.54) is 0 Å². The molecule has 2 fully saturated rings. The van der Waals surface area contributed by atoms with Gasteiger partial charge < -0.3 is 4.74 Å². The molecule has 174 valence electrons. The smallest absolute Gasteiger partial charge is 0.240 e. The zero-order valence-corrected chi connectivity index (χ0v) is 19.4. The van der Waals surface area contributed by atoms with E-state index in [1.54, 1.807) is 66.9 Å². The van der Waals surface area contributed by atoms with Crippen LogP contribution in [0.1, 0.15) is 27.5 Å². The number of carbonyl (C=O) groups is 3. The standard InChI is InChI=1S/C27H20ClN3O4/c1-35-17-12-10-15(11-13-17)25(32)24-22-21(23-18-7-3-2-6-16(18)14-29-31(23)24)26(33)30(27(22)34)20-9-5-4-8-19(20)28/h2-14,21-24H,1H3/t21-,22+,23+,24-/m1/s1. The Balaban J connectivity index is 1.49. The highest BCUT2D eigenvalue weighted by Crippen LogP contribution is 2.53. The molecule has 0 spiro atoms. The number of hydrogen-bond donors (Lipinski definition) is 0. The highest BCUT2D eigenvalue weighted by Gasteiger charge is 2.65. The number of fused-ring (bicyclic) bond motifs is 5. The van der Waals surface area contributed by atoms with Crippen molar-refractivity contribution in [2.24, 2.45) is 16.9 Å². The monoisotopic (exact) mass is 485 g/mol. The number of benzene rings is 3. The molecule has 4 atom stereocenters. The topological polar surface area (TPSA) is 79.3 Å². The molecule has 35 heavy (non-hydrogen) atoms. The molecule has 0 unspecified atom stereocenters. The summed E-state index contributed by atoms with van der Waals surface area (Å²) in [4.78, 5) is 42.7. The van der Waals surface area contributed by atoms with E-state index in [-0.39, 0.29) is 11.7 Å². The Morgan fingerprint density at radius 2 is 1.60 bits per heavy atom. The van der Waals surface area contributed by atoms with Crippen LogP contribution < -0.4 is 9.64 Å². The maximum absolute atomic E-state index is 13.9. The number of para-hydroxylation sites is 1. The van der Waals surface area contributed by atoms with Gasteiger partial charge in [0.25, 0.3) is 0 Å². The van der Waals surface area contributed by atoms with Crippen LogP contribution in [0.2, 0.25) is 5.02 Å². The number of nitrogens with zero attached hydrogens (tertiary/aromatic N) is 3. The van der Waals surface area contributed by atoms with Crippen LogP contribution in [0.4, 0.5) is 5.69 Å². The summed E-state index contributed by atoms with van der Waals surface area (Å²) in [5.74, 6) is -2.15. The summed E-state index contributed by atoms with van der Waals surface area (Å²) < 4.78 is 5.21. The highest BCUT2D eigenvalue weighted by atomic mass is 35.5. The zero-order chi connectivity index (χ0) is 24.3. The summed E-state index contributed by atoms with van der Waals surface area (Å²) in [6, 6.07) is 19.6. The van der Waals surface area contributed by atoms with E-state index < -0.39 is 29.8 Å². The number of halogens is 1. The molecular formula is C27H20ClN3O4. The first-order valence-corrected chi connectivity index (χ1v) is 11.6. The fourth-order valence-electron chi connectivity index (χ4n) is 5.47. The highest BCUT2D eigenvalue weighted by molar-refractivity contribution is 6.36. The van der Waals surface area contributed by atoms with Gasteiger partial charge in [0.2, 0.25) is 11.8 Å². The van der Waals surface area contributed by atoms with Crippen molar-refractivity contribution >= 4 is 41.1 Å². The predicted octanol–water partition coefficient (Wildman–Crippen LogP) is 4.11. The van der Waals surface area contributed by atoms with Gasteiger partial charge in [-0.1, -0.05) is 48.0 Å². The lowest BCUT2D eigenvalue weighted by Gasteiger charge is -2.33. The van der Waals surface area contributed by atoms with Crippen LogP contribution in [0.15, 0.2) is 77.9 Å². The molecule has 2 saturated heterocycles. The lowest BCUT2D eigenvalue weighted by atomic mass is 9.83. The number of imide groups is 1. The van der Waals surface area contributed by atoms with Gasteiger partial charge in [0.1, 0.15) is 11.8 Å². The zero-order valence-electron chi connectivity index (χ0n) is 18.7. The van der Waals surface area contributed by atoms with E-state index >= 15 is 0 Å². The fraction of sp³-hybridized carbons (Fsp3) is 0.185. The van der Waals surface area contributed by atoms with E-state index in [0.29, 0.717) is 22.0 Å². The summed E-state index contributed by atoms with van der Waals surface area (Å²) in [5.41, 5.74) is 2.47. The second-order valence-corrected chi connectivity index (χ2v) is 9.16. The molecule has 6 rings (SSSR count). The predicted molar refractivity (Wildman–Crippen MR) is 131 cm³/mol. The summed E-state index contributed by atoms with van der Waals surface area (Å²) in [6.45, 7) is 0. The average molecular weight is 486 g/mol. The minimum atomic E-state index is -0.938. The number of Topliss-reactive ketones (excluding diaryl/α,β-unsaturated/α-hetero) is 1. The van der Waals surface area contributed by atoms with Crippen LogP contribution in [0.5, 0.6) is 5.75 Å². The molecule has 0 aromatic heterocycles. The van der Waals surface area contributed by atoms with Gasteiger partial charge in [-0.25, -0.2) is 4.90 Å². The van der Waals surface area contributed by atoms with Crippen LogP contribution >= 0.6 is 11.6 Å². The van der Waals surface area contributed by atoms with Crippen LogP contribution in [-0.2, 0) is 9.59 Å². The maximum Gasteiger partial charge on any atom is 0.240 e. The third-order valence-corrected chi connectivity index (χ3v) is 7.35. The van der Waals surface area contributed by atoms with E-state index in [1.807, 2.05) is 24.3 Å². The minimum Gasteiger partial charge on any atom is -0.497 e. The number of carbonyl (C=O) groups excluding carboxylic acids is 3. The molecule has 7 nitrogen and oxygen atoms in total. The number of amides is 2. The molecule has 0 bridgehead atoms. The molecule has 0 saturated carbocycles. The molecule has 0 N–H and O–H groups in total. The third-order valence-electron chi connectivity index (χ3n) is 7.03. The van der Waals surface area contributed by atoms with Gasteiger partial charge in [0.05, 0.1) is 41.9 Å². The number of ketones is 1. The lowest BCUT2D eigenvalue weighted by Crippen LogP contribution is -2.44. The van der Waals surface area contributed by atoms with Crippen molar-refractivity contribution < 1.29 is 19.1 Å². The van der Waals surface area contributed by atoms with Crippen LogP contribution in [0, 0.1) is 11.8 Å². The molecular weight excluding hydrogens is 466 g/mol. The third kappa shape index (κ3) is 3.12. The number of rotatable bonds is 4. The lowest BCUT2D eigenvalue weighted by molar-refractivity contribution is -0.124. The van der Waals surface area contributed by atoms with E-state index in [2.05, 4.69) is 5.10 Å². The average Bonchev–Trinajstić information content (AvgIpc) is 3.36. The number of ether oxygens (including phenoxy) is 1. The summed E-state index contributed by atoms with van der Waals surface area (Å²) >= 11 is 6.37. The van der Waals surface area contributed by atoms with Crippen molar-refractivity contribution in [3.63, 3.8) is 0 Å². The maximum atomic E-state index is 13.9. The number of methoxy groups -OCH3 is 1. The van der Waals surface area contributed by atoms with E-state index in [4.69, 9.17) is 16.3 Å². The van der Waals surface area contributed by atoms with Crippen molar-refractivity contribution in [3.8, 4) is 5.75 Å². The van der Waals surface area contributed by atoms with Crippen molar-refractivity contribution in [3.05, 3.63) is 94.5 Å². The number of hydrazone groups is 1. The van der Waals surface area contributed by atoms with Gasteiger partial charge in [-0.15, -0.1) is 0 Å². The summed E-state index contributed by atoms with van der Waals surface area (Å²) in [7, 11) is 1.55. The second-order valence-electron chi connectivity index (χ2n) is 8.75. The first kappa shape index (κ1) is 21.6. The Hall–Kier alpha value is -3.97. The molecule has 0 radical (unpaired) electrons. The second kappa shape index (κ2) is 8.06. The van der Waals surface area contributed by atoms with Crippen molar-refractivity contribution in [2.75, 3.05) is 12.0 Å². The van der Waals surface area contributed by atoms with E-state index in [0.717, 1.165) is 16.0 Å². The van der Waals surface area contributed by atoms with Crippen molar-refractivity contribution in [1.29, 1.82) is 0 Å². The van der Waals surface area contributed by atoms with Gasteiger partial charge in [0, 0.05) is 5.56 Å². The van der Waals surface area contributed by atoms with Gasteiger partial charge >= 0.3 is 0 Å². The first-order chi connectivity index (χ1) is 17.0. The SMILES string of the molecule is COc1ccc(C(=O)[C@H]2[C@H]3C(=O)N(c4ccccc4Cl)C(=O)[C@H]3[C@@H]3c4ccccc4C=NN23)cc1.